The fourth-order valence-corrected chi connectivity index (χ4v) is 7.52. The van der Waals surface area contributed by atoms with E-state index in [1.165, 1.54) is 49.8 Å². The number of hydrogen-bond acceptors (Lipinski definition) is 3. The fourth-order valence-electron chi connectivity index (χ4n) is 7.52. The first-order valence-electron chi connectivity index (χ1n) is 18.3. The molecule has 0 N–H and O–H groups in total. The summed E-state index contributed by atoms with van der Waals surface area (Å²) in [5.41, 5.74) is 15.3. The van der Waals surface area contributed by atoms with Crippen LogP contribution in [0.5, 0.6) is 0 Å². The second-order valence-corrected chi connectivity index (χ2v) is 14.1. The van der Waals surface area contributed by atoms with Crippen LogP contribution >= 0.6 is 0 Å². The van der Waals surface area contributed by atoms with Gasteiger partial charge in [0.1, 0.15) is 5.58 Å². The zero-order valence-electron chi connectivity index (χ0n) is 31.1. The molecule has 10 rings (SSSR count). The summed E-state index contributed by atoms with van der Waals surface area (Å²) in [6.07, 6.45) is 2.02. The van der Waals surface area contributed by atoms with E-state index in [-0.39, 0.29) is 26.3 Å². The van der Waals surface area contributed by atoms with Gasteiger partial charge in [-0.3, -0.25) is 0 Å². The molecule has 3 heterocycles. The van der Waals surface area contributed by atoms with Gasteiger partial charge in [0.2, 0.25) is 0 Å². The molecule has 1 aliphatic rings. The molecule has 7 aromatic carbocycles. The Balaban J connectivity index is 0.000000199. The van der Waals surface area contributed by atoms with Gasteiger partial charge in [-0.05, 0) is 94.1 Å². The van der Waals surface area contributed by atoms with E-state index < -0.39 is 0 Å². The molecule has 0 bridgehead atoms. The summed E-state index contributed by atoms with van der Waals surface area (Å²) in [4.78, 5) is 6.99. The maximum atomic E-state index is 6.27. The van der Waals surface area contributed by atoms with E-state index in [1.54, 1.807) is 0 Å². The van der Waals surface area contributed by atoms with E-state index in [2.05, 4.69) is 148 Å². The Kier molecular flexibility index (Phi) is 9.84. The molecule has 0 saturated heterocycles. The molecular formula is C50H38IrN3O. The van der Waals surface area contributed by atoms with E-state index in [0.29, 0.717) is 0 Å². The number of pyridine rings is 1. The average Bonchev–Trinajstić information content (AvgIpc) is 3.76. The van der Waals surface area contributed by atoms with Crippen LogP contribution in [-0.4, -0.2) is 12.0 Å². The summed E-state index contributed by atoms with van der Waals surface area (Å²) in [6.45, 7) is 6.39. The number of furan rings is 1. The number of anilines is 1. The number of hydrogen-bond donors (Lipinski definition) is 0. The summed E-state index contributed by atoms with van der Waals surface area (Å²) in [6, 6.07) is 57.4. The molecule has 5 heteroatoms. The Morgan fingerprint density at radius 2 is 1.45 bits per heavy atom. The zero-order valence-corrected chi connectivity index (χ0v) is 33.5. The molecule has 1 aliphatic heterocycles. The van der Waals surface area contributed by atoms with Crippen LogP contribution < -0.4 is 4.90 Å². The van der Waals surface area contributed by atoms with Crippen molar-refractivity contribution >= 4 is 44.1 Å². The normalized spacial score (nSPS) is 13.2. The van der Waals surface area contributed by atoms with Gasteiger partial charge in [0, 0.05) is 24.3 Å². The van der Waals surface area contributed by atoms with Crippen LogP contribution in [0.2, 0.25) is 0 Å². The van der Waals surface area contributed by atoms with Gasteiger partial charge < -0.3 is 19.6 Å². The van der Waals surface area contributed by atoms with Crippen molar-refractivity contribution in [2.24, 2.45) is 0 Å². The number of fused-ring (bicyclic) bond motifs is 5. The SMILES string of the molecule is Cc1c[c-]c(C2[N-]c3ccccc3N2C)cc1.Cc1cnc(-c2[c-]ccc3c2oc2ccccc23)cc1-c1cc2ccc(-c3ccccc3)cc2cc1C.[Ir+3]. The molecule has 9 aromatic rings. The Bertz CT molecular complexity index is 2810. The molecule has 55 heavy (non-hydrogen) atoms. The average molecular weight is 889 g/mol. The molecule has 1 unspecified atom stereocenters. The summed E-state index contributed by atoms with van der Waals surface area (Å²) in [5.74, 6) is 0. The van der Waals surface area contributed by atoms with Crippen LogP contribution in [0.1, 0.15) is 28.4 Å². The molecular weight excluding hydrogens is 851 g/mol. The molecule has 0 amide bonds. The maximum absolute atomic E-state index is 6.27. The van der Waals surface area contributed by atoms with Gasteiger partial charge in [-0.15, -0.1) is 23.9 Å². The Hall–Kier alpha value is -6.00. The molecule has 0 aliphatic carbocycles. The van der Waals surface area contributed by atoms with E-state index >= 15 is 0 Å². The van der Waals surface area contributed by atoms with Crippen molar-refractivity contribution in [2.45, 2.75) is 26.9 Å². The minimum atomic E-state index is 0. The summed E-state index contributed by atoms with van der Waals surface area (Å²) >= 11 is 0. The Morgan fingerprint density at radius 1 is 0.673 bits per heavy atom. The van der Waals surface area contributed by atoms with Crippen LogP contribution in [0.25, 0.3) is 71.5 Å². The van der Waals surface area contributed by atoms with Gasteiger partial charge in [-0.1, -0.05) is 109 Å². The second kappa shape index (κ2) is 15.0. The topological polar surface area (TPSA) is 43.4 Å². The van der Waals surface area contributed by atoms with Crippen molar-refractivity contribution in [1.82, 2.24) is 4.98 Å². The molecule has 0 spiro atoms. The van der Waals surface area contributed by atoms with Gasteiger partial charge in [-0.25, -0.2) is 0 Å². The number of rotatable bonds is 4. The largest absolute Gasteiger partial charge is 3.00 e. The smallest absolute Gasteiger partial charge is 0.661 e. The standard InChI is InChI=1S/C35H24NO.C15H14N2.Ir/c1-22-17-27-18-25(24-9-4-3-5-10-24)15-16-26(27)19-31(22)32-20-33(36-21-23(32)2)30-13-8-12-29-28-11-6-7-14-34(28)37-35(29)30;1-11-7-9-12(10-8-11)15-16-13-5-3-4-6-14(13)17(15)2;/h3-12,14-21H,1-2H3;3-9,15H,1-2H3;/q-1;-2;+3. The zero-order chi connectivity index (χ0) is 36.8. The summed E-state index contributed by atoms with van der Waals surface area (Å²) < 4.78 is 6.27. The molecule has 268 valence electrons. The van der Waals surface area contributed by atoms with Gasteiger partial charge in [0.15, 0.2) is 0 Å². The number of nitrogens with zero attached hydrogens (tertiary/aromatic N) is 3. The summed E-state index contributed by atoms with van der Waals surface area (Å²) in [7, 11) is 2.08. The molecule has 2 aromatic heterocycles. The molecule has 4 nitrogen and oxygen atoms in total. The van der Waals surface area contributed by atoms with E-state index in [9.17, 15) is 0 Å². The second-order valence-electron chi connectivity index (χ2n) is 14.1. The molecule has 0 radical (unpaired) electrons. The van der Waals surface area contributed by atoms with Gasteiger partial charge >= 0.3 is 20.1 Å². The van der Waals surface area contributed by atoms with Crippen LogP contribution in [0, 0.1) is 32.9 Å². The van der Waals surface area contributed by atoms with E-state index in [4.69, 9.17) is 14.7 Å². The van der Waals surface area contributed by atoms with Crippen molar-refractivity contribution in [2.75, 3.05) is 11.9 Å². The van der Waals surface area contributed by atoms with Crippen molar-refractivity contribution in [3.05, 3.63) is 191 Å². The monoisotopic (exact) mass is 889 g/mol. The Labute approximate surface area is 335 Å². The number of aromatic nitrogens is 1. The molecule has 0 fully saturated rings. The number of benzene rings is 7. The number of aryl methyl sites for hydroxylation is 3. The van der Waals surface area contributed by atoms with Crippen molar-refractivity contribution in [3.63, 3.8) is 0 Å². The number of para-hydroxylation sites is 3. The first-order chi connectivity index (χ1) is 26.4. The third-order valence-corrected chi connectivity index (χ3v) is 10.4. The van der Waals surface area contributed by atoms with Crippen molar-refractivity contribution in [1.29, 1.82) is 0 Å². The first-order valence-corrected chi connectivity index (χ1v) is 18.3. The predicted molar refractivity (Wildman–Crippen MR) is 224 cm³/mol. The summed E-state index contributed by atoms with van der Waals surface area (Å²) in [5, 5.41) is 9.40. The minimum absolute atomic E-state index is 0. The van der Waals surface area contributed by atoms with Gasteiger partial charge in [0.05, 0.1) is 5.58 Å². The third-order valence-electron chi connectivity index (χ3n) is 10.4. The van der Waals surface area contributed by atoms with E-state index in [0.717, 1.165) is 50.0 Å². The predicted octanol–water partition coefficient (Wildman–Crippen LogP) is 13.5. The molecule has 1 atom stereocenters. The van der Waals surface area contributed by atoms with Crippen molar-refractivity contribution < 1.29 is 24.5 Å². The van der Waals surface area contributed by atoms with Gasteiger partial charge in [0.25, 0.3) is 0 Å². The quantitative estimate of drug-likeness (QED) is 0.165. The van der Waals surface area contributed by atoms with Crippen LogP contribution in [0.15, 0.2) is 156 Å². The third kappa shape index (κ3) is 6.82. The molecule has 0 saturated carbocycles. The van der Waals surface area contributed by atoms with Crippen LogP contribution in [0.4, 0.5) is 11.4 Å². The van der Waals surface area contributed by atoms with E-state index in [1.807, 2.05) is 48.7 Å². The fraction of sp³-hybridized carbons (Fsp3) is 0.100. The van der Waals surface area contributed by atoms with Gasteiger partial charge in [-0.2, -0.15) is 35.4 Å². The first kappa shape index (κ1) is 36.0. The minimum Gasteiger partial charge on any atom is -0.661 e. The maximum Gasteiger partial charge on any atom is 3.00 e. The Morgan fingerprint density at radius 3 is 2.27 bits per heavy atom. The van der Waals surface area contributed by atoms with Crippen molar-refractivity contribution in [3.8, 4) is 33.5 Å². The van der Waals surface area contributed by atoms with Crippen LogP contribution in [0.3, 0.4) is 0 Å². The van der Waals surface area contributed by atoms with Crippen LogP contribution in [-0.2, 0) is 20.1 Å².